The van der Waals surface area contributed by atoms with Crippen LogP contribution in [0.25, 0.3) is 11.0 Å². The van der Waals surface area contributed by atoms with Gasteiger partial charge in [0.25, 0.3) is 17.6 Å². The van der Waals surface area contributed by atoms with Crippen LogP contribution in [0.15, 0.2) is 18.2 Å². The molecule has 2 aromatic heterocycles. The Morgan fingerprint density at radius 1 is 0.831 bits per heavy atom. The van der Waals surface area contributed by atoms with Crippen LogP contribution in [-0.2, 0) is 29.2 Å². The van der Waals surface area contributed by atoms with E-state index in [1.165, 1.54) is 4.90 Å². The van der Waals surface area contributed by atoms with E-state index < -0.39 is 111 Å². The number of nitrogens with zero attached hydrogens (tertiary/aromatic N) is 6. The summed E-state index contributed by atoms with van der Waals surface area (Å²) in [6, 6.07) is 4.83. The number of nitrogens with two attached hydrogens (primary N) is 2. The van der Waals surface area contributed by atoms with Gasteiger partial charge in [0.05, 0.1) is 38.5 Å². The van der Waals surface area contributed by atoms with Gasteiger partial charge in [-0.1, -0.05) is 11.6 Å². The fourth-order valence-electron chi connectivity index (χ4n) is 7.09. The number of aromatic nitrogens is 4. The summed E-state index contributed by atoms with van der Waals surface area (Å²) in [5.41, 5.74) is 13.3. The quantitative estimate of drug-likeness (QED) is 0.0396. The molecular weight excluding hydrogens is 1000 g/mol. The van der Waals surface area contributed by atoms with Gasteiger partial charge < -0.3 is 87.8 Å². The molecule has 0 unspecified atom stereocenters. The maximum Gasteiger partial charge on any atom is 0.490 e. The number of hydrogen-bond donors (Lipinski definition) is 14. The predicted octanol–water partition coefficient (Wildman–Crippen LogP) is -4.78. The highest BCUT2D eigenvalue weighted by atomic mass is 35.5. The number of fused-ring (bicyclic) bond motifs is 1. The molecule has 1 fully saturated rings. The van der Waals surface area contributed by atoms with Crippen molar-refractivity contribution in [2.45, 2.75) is 114 Å². The number of aliphatic hydroxyl groups is 10. The Morgan fingerprint density at radius 2 is 1.30 bits per heavy atom. The number of aliphatic hydroxyl groups excluding tert-OH is 10. The number of carboxylic acids is 2. The molecule has 16 N–H and O–H groups in total. The van der Waals surface area contributed by atoms with Crippen LogP contribution in [0.1, 0.15) is 53.4 Å². The summed E-state index contributed by atoms with van der Waals surface area (Å²) in [5, 5.41) is 119. The minimum absolute atomic E-state index is 0.0744. The smallest absolute Gasteiger partial charge is 0.490 e. The highest BCUT2D eigenvalue weighted by Crippen LogP contribution is 2.25. The normalized spacial score (nSPS) is 16.9. The van der Waals surface area contributed by atoms with Gasteiger partial charge in [-0.2, -0.15) is 26.3 Å². The lowest BCUT2D eigenvalue weighted by Gasteiger charge is -2.41. The number of carboxylic acid groups (broad SMARTS) is 2. The van der Waals surface area contributed by atoms with Gasteiger partial charge in [-0.05, 0) is 38.8 Å². The van der Waals surface area contributed by atoms with Crippen LogP contribution in [0.3, 0.4) is 0 Å². The second kappa shape index (κ2) is 26.9. The van der Waals surface area contributed by atoms with E-state index in [-0.39, 0.29) is 48.0 Å². The van der Waals surface area contributed by atoms with Crippen LogP contribution in [-0.4, -0.2) is 211 Å². The van der Waals surface area contributed by atoms with Crippen molar-refractivity contribution >= 4 is 58.0 Å². The molecule has 4 rings (SSSR count). The molecule has 3 heterocycles. The van der Waals surface area contributed by atoms with Crippen LogP contribution in [0.2, 0.25) is 5.15 Å². The van der Waals surface area contributed by atoms with Gasteiger partial charge in [0.1, 0.15) is 49.1 Å². The zero-order valence-electron chi connectivity index (χ0n) is 37.7. The van der Waals surface area contributed by atoms with E-state index in [1.807, 2.05) is 29.0 Å². The van der Waals surface area contributed by atoms with Gasteiger partial charge in [0, 0.05) is 43.9 Å². The predicted molar refractivity (Wildman–Crippen MR) is 228 cm³/mol. The van der Waals surface area contributed by atoms with E-state index in [4.69, 9.17) is 42.9 Å². The molecule has 0 bridgehead atoms. The lowest BCUT2D eigenvalue weighted by atomic mass is 9.97. The number of halogens is 7. The molecule has 0 radical (unpaired) electrons. The van der Waals surface area contributed by atoms with E-state index in [2.05, 4.69) is 15.3 Å². The number of amides is 2. The SMILES string of the molecule is CCn1c(CNC(=O)c2nc(Cl)c(N)nc2N)[n+](CC)c2ccc(C(=O)N3CCC(N(C[C@H](O)[C@@H](O)[C@H](O)[C@H](O)CO)C[C@H](O)[C@@H](O)[C@H](O)[C@H](O)CO)CC3)cc21.O=C(O)C(F)(F)F.O=C([O-])C(F)(F)F. The molecule has 3 aromatic rings. The second-order valence-electron chi connectivity index (χ2n) is 15.6. The Morgan fingerprint density at radius 3 is 1.70 bits per heavy atom. The third-order valence-electron chi connectivity index (χ3n) is 10.8. The first-order chi connectivity index (χ1) is 32.9. The van der Waals surface area contributed by atoms with Crippen LogP contribution in [0.4, 0.5) is 38.0 Å². The van der Waals surface area contributed by atoms with Crippen molar-refractivity contribution in [2.75, 3.05) is 50.9 Å². The van der Waals surface area contributed by atoms with Crippen molar-refractivity contribution < 1.29 is 111 Å². The number of nitrogen functional groups attached to an aromatic ring is 2. The molecule has 1 saturated heterocycles. The number of anilines is 2. The number of aliphatic carboxylic acids is 2. The summed E-state index contributed by atoms with van der Waals surface area (Å²) in [4.78, 5) is 55.6. The molecular formula is C39H56ClF6N9O16. The molecule has 1 aromatic carbocycles. The van der Waals surface area contributed by atoms with E-state index in [1.54, 1.807) is 17.0 Å². The van der Waals surface area contributed by atoms with E-state index >= 15 is 0 Å². The van der Waals surface area contributed by atoms with Crippen LogP contribution < -0.4 is 26.5 Å². The zero-order chi connectivity index (χ0) is 54.5. The molecule has 0 spiro atoms. The molecule has 1 aliphatic heterocycles. The largest absolute Gasteiger partial charge is 0.542 e. The molecule has 8 atom stereocenters. The zero-order valence-corrected chi connectivity index (χ0v) is 38.4. The molecule has 0 saturated carbocycles. The highest BCUT2D eigenvalue weighted by Gasteiger charge is 2.39. The summed E-state index contributed by atoms with van der Waals surface area (Å²) >= 11 is 5.96. The van der Waals surface area contributed by atoms with Gasteiger partial charge in [-0.15, -0.1) is 0 Å². The number of likely N-dealkylation sites (tertiary alicyclic amines) is 1. The minimum Gasteiger partial charge on any atom is -0.542 e. The molecule has 0 aliphatic carbocycles. The first kappa shape index (κ1) is 61.8. The molecule has 71 heavy (non-hydrogen) atoms. The lowest BCUT2D eigenvalue weighted by Crippen LogP contribution is -2.56. The number of hydrogen-bond acceptors (Lipinski definition) is 20. The molecule has 2 amide bonds. The monoisotopic (exact) mass is 1060 g/mol. The Labute approximate surface area is 403 Å². The van der Waals surface area contributed by atoms with Crippen LogP contribution in [0.5, 0.6) is 0 Å². The van der Waals surface area contributed by atoms with Gasteiger partial charge >= 0.3 is 18.3 Å². The third-order valence-corrected chi connectivity index (χ3v) is 11.1. The molecule has 402 valence electrons. The summed E-state index contributed by atoms with van der Waals surface area (Å²) in [6.45, 7) is 2.83. The molecule has 1 aliphatic rings. The minimum atomic E-state index is -5.19. The van der Waals surface area contributed by atoms with Crippen LogP contribution in [0, 0.1) is 0 Å². The van der Waals surface area contributed by atoms with E-state index in [0.717, 1.165) is 16.9 Å². The summed E-state index contributed by atoms with van der Waals surface area (Å²) < 4.78 is 67.3. The second-order valence-corrected chi connectivity index (χ2v) is 15.9. The number of carbonyl (C=O) groups excluding carboxylic acids is 3. The summed E-state index contributed by atoms with van der Waals surface area (Å²) in [5.74, 6) is -6.19. The number of rotatable bonds is 19. The first-order valence-electron chi connectivity index (χ1n) is 21.1. The van der Waals surface area contributed by atoms with Gasteiger partial charge in [-0.25, -0.2) is 23.9 Å². The van der Waals surface area contributed by atoms with E-state index in [9.17, 15) is 87.0 Å². The average Bonchev–Trinajstić information content (AvgIpc) is 3.63. The number of alkyl halides is 6. The number of benzene rings is 1. The van der Waals surface area contributed by atoms with Gasteiger partial charge in [0.15, 0.2) is 33.5 Å². The Balaban J connectivity index is 0.00000107. The van der Waals surface area contributed by atoms with Crippen molar-refractivity contribution in [3.63, 3.8) is 0 Å². The molecule has 25 nitrogen and oxygen atoms in total. The lowest BCUT2D eigenvalue weighted by molar-refractivity contribution is -0.676. The van der Waals surface area contributed by atoms with Gasteiger partial charge in [0.2, 0.25) is 0 Å². The Hall–Kier alpha value is -5.32. The number of imidazole rings is 1. The average molecular weight is 1060 g/mol. The number of nitrogens with one attached hydrogen (secondary N) is 1. The summed E-state index contributed by atoms with van der Waals surface area (Å²) in [6.07, 6.45) is -24.3. The van der Waals surface area contributed by atoms with E-state index in [0.29, 0.717) is 31.5 Å². The topological polar surface area (TPSA) is 419 Å². The number of aryl methyl sites for hydroxylation is 2. The third kappa shape index (κ3) is 16.9. The van der Waals surface area contributed by atoms with Crippen molar-refractivity contribution in [1.29, 1.82) is 0 Å². The van der Waals surface area contributed by atoms with Crippen molar-refractivity contribution in [3.8, 4) is 0 Å². The van der Waals surface area contributed by atoms with Crippen molar-refractivity contribution in [3.05, 3.63) is 40.4 Å². The maximum atomic E-state index is 13.9. The summed E-state index contributed by atoms with van der Waals surface area (Å²) in [7, 11) is 0. The number of carbonyl (C=O) groups is 4. The first-order valence-corrected chi connectivity index (χ1v) is 21.4. The highest BCUT2D eigenvalue weighted by molar-refractivity contribution is 6.31. The Kier molecular flexibility index (Phi) is 23.4. The number of piperidine rings is 1. The van der Waals surface area contributed by atoms with Crippen LogP contribution >= 0.6 is 11.6 Å². The van der Waals surface area contributed by atoms with Crippen molar-refractivity contribution in [2.24, 2.45) is 0 Å². The molecule has 32 heteroatoms. The fraction of sp³-hybridized carbons (Fsp3) is 0.615. The Bertz CT molecular complexity index is 2200. The van der Waals surface area contributed by atoms with Crippen molar-refractivity contribution in [1.82, 2.24) is 29.7 Å². The van der Waals surface area contributed by atoms with Gasteiger partial charge in [-0.3, -0.25) is 14.5 Å². The maximum absolute atomic E-state index is 13.9. The standard InChI is InChI=1S/C35H54ClN9O12.2C2HF3O2/c1-3-44-19-6-5-17(11-20(19)45(4-2)25(44)12-39-34(56)26-32(37)41-33(38)31(36)40-26)35(57)42-9-7-18(8-10-42)43(13-21(48)27(52)29(54)23(50)15-46)14-22(49)28(53)30(55)24(51)16-47;2*3-2(4,5)1(6)7/h5-6,11,18,21-24,27-30,46-55H,3-4,7-10,12-16H2,1-2H3,(H4-,37,38,39,41,56);2*(H,6,7)/t21-,22-,23+,24+,27+,28+,29+,30+;;/m0../s1. The fourth-order valence-corrected chi connectivity index (χ4v) is 7.21.